The molecule has 2 amide bonds. The van der Waals surface area contributed by atoms with Gasteiger partial charge in [-0.05, 0) is 79.4 Å². The Labute approximate surface area is 427 Å². The molecule has 0 aliphatic rings. The number of pyridine rings is 2. The lowest BCUT2D eigenvalue weighted by Crippen LogP contribution is -2.43. The van der Waals surface area contributed by atoms with Crippen LogP contribution in [0.1, 0.15) is 61.3 Å². The summed E-state index contributed by atoms with van der Waals surface area (Å²) in [4.78, 5) is 75.1. The Morgan fingerprint density at radius 3 is 1.25 bits per heavy atom. The van der Waals surface area contributed by atoms with Crippen molar-refractivity contribution in [3.8, 4) is 22.3 Å². The fraction of sp³-hybridized carbons (Fsp3) is 0.240. The Morgan fingerprint density at radius 2 is 0.931 bits per heavy atom. The van der Waals surface area contributed by atoms with Crippen molar-refractivity contribution in [2.75, 3.05) is 6.61 Å². The maximum Gasteiger partial charge on any atom is 0.417 e. The number of esters is 1. The Balaban J connectivity index is 0.000000268. The third kappa shape index (κ3) is 13.3. The lowest BCUT2D eigenvalue weighted by molar-refractivity contribution is -0.145. The number of carbonyl (C=O) groups is 4. The molecular formula is C50H42Cl4F6N4O8. The van der Waals surface area contributed by atoms with Gasteiger partial charge in [-0.3, -0.25) is 19.2 Å². The average Bonchev–Trinajstić information content (AvgIpc) is 3.29. The molecule has 0 bridgehead atoms. The molecule has 0 saturated heterocycles. The number of ether oxygens (including phenoxy) is 1. The van der Waals surface area contributed by atoms with Gasteiger partial charge in [0.2, 0.25) is 0 Å². The topological polar surface area (TPSA) is 166 Å². The first-order valence-corrected chi connectivity index (χ1v) is 22.8. The van der Waals surface area contributed by atoms with Crippen LogP contribution in [0.15, 0.2) is 107 Å². The number of benzene rings is 4. The number of hydrogen-bond donors (Lipinski definition) is 3. The molecule has 2 atom stereocenters. The van der Waals surface area contributed by atoms with E-state index in [0.29, 0.717) is 11.1 Å². The van der Waals surface area contributed by atoms with E-state index in [9.17, 15) is 60.2 Å². The summed E-state index contributed by atoms with van der Waals surface area (Å²) >= 11 is 24.2. The molecule has 22 heteroatoms. The summed E-state index contributed by atoms with van der Waals surface area (Å²) in [5, 5.41) is 14.8. The first kappa shape index (κ1) is 56.3. The monoisotopic (exact) mass is 1080 g/mol. The second-order valence-electron chi connectivity index (χ2n) is 16.0. The van der Waals surface area contributed by atoms with Crippen molar-refractivity contribution in [1.29, 1.82) is 0 Å². The summed E-state index contributed by atoms with van der Waals surface area (Å²) in [6, 6.07) is 19.4. The third-order valence-corrected chi connectivity index (χ3v) is 12.4. The van der Waals surface area contributed by atoms with E-state index in [1.807, 2.05) is 0 Å². The molecule has 12 nitrogen and oxygen atoms in total. The molecule has 380 valence electrons. The number of halogens is 10. The summed E-state index contributed by atoms with van der Waals surface area (Å²) in [6.07, 6.45) is -9.69. The lowest BCUT2D eigenvalue weighted by atomic mass is 9.97. The average molecular weight is 1080 g/mol. The van der Waals surface area contributed by atoms with Crippen molar-refractivity contribution in [3.63, 3.8) is 0 Å². The van der Waals surface area contributed by atoms with Crippen LogP contribution in [-0.2, 0) is 53.6 Å². The second-order valence-corrected chi connectivity index (χ2v) is 17.6. The van der Waals surface area contributed by atoms with Gasteiger partial charge in [-0.1, -0.05) is 107 Å². The molecule has 0 aliphatic heterocycles. The van der Waals surface area contributed by atoms with Gasteiger partial charge in [-0.25, -0.2) is 9.59 Å². The van der Waals surface area contributed by atoms with Crippen molar-refractivity contribution in [1.82, 2.24) is 19.8 Å². The molecule has 0 radical (unpaired) electrons. The first-order valence-electron chi connectivity index (χ1n) is 21.3. The fourth-order valence-corrected chi connectivity index (χ4v) is 8.40. The van der Waals surface area contributed by atoms with Gasteiger partial charge in [0, 0.05) is 38.3 Å². The zero-order chi connectivity index (χ0) is 53.6. The zero-order valence-electron chi connectivity index (χ0n) is 38.5. The molecule has 2 unspecified atom stereocenters. The van der Waals surface area contributed by atoms with E-state index in [1.165, 1.54) is 107 Å². The third-order valence-electron chi connectivity index (χ3n) is 11.2. The highest BCUT2D eigenvalue weighted by Crippen LogP contribution is 2.37. The van der Waals surface area contributed by atoms with Crippen molar-refractivity contribution < 1.29 is 55.4 Å². The van der Waals surface area contributed by atoms with E-state index in [-0.39, 0.29) is 73.2 Å². The maximum atomic E-state index is 13.7. The van der Waals surface area contributed by atoms with Crippen molar-refractivity contribution >= 4 is 70.2 Å². The molecule has 2 aromatic heterocycles. The van der Waals surface area contributed by atoms with Gasteiger partial charge in [0.05, 0.1) is 60.1 Å². The standard InChI is InChI=1S/C26H23Cl2F3N2O4.C24H19Cl2F3N2O4/c1-4-37-25(36)20(32-23(34)22-18(27)6-5-7-19(22)28)13-15-8-10-16(11-9-15)21-17(26(29,30)31)12-14(2)33(3)24(21)35;1-12-10-15(24(27,28)29)19(22(33)31(12)2)14-8-6-13(7-9-14)11-18(23(34)35)30-21(32)20-16(25)4-3-5-17(20)26/h5-12,20H,4,13H2,1-3H3,(H,32,34);3-10,18H,11H2,1-2H3,(H,30,32)(H,34,35). The van der Waals surface area contributed by atoms with Crippen molar-refractivity contribution in [2.45, 2.75) is 58.0 Å². The predicted octanol–water partition coefficient (Wildman–Crippen LogP) is 10.7. The van der Waals surface area contributed by atoms with Crippen LogP contribution in [0.25, 0.3) is 22.3 Å². The number of carboxylic acids is 1. The number of nitrogens with zero attached hydrogens (tertiary/aromatic N) is 2. The molecule has 6 aromatic rings. The molecule has 6 rings (SSSR count). The summed E-state index contributed by atoms with van der Waals surface area (Å²) < 4.78 is 89.3. The van der Waals surface area contributed by atoms with Gasteiger partial charge in [0.1, 0.15) is 12.1 Å². The highest BCUT2D eigenvalue weighted by molar-refractivity contribution is 6.40. The highest BCUT2D eigenvalue weighted by Gasteiger charge is 2.37. The second kappa shape index (κ2) is 23.3. The minimum atomic E-state index is -4.75. The van der Waals surface area contributed by atoms with Crippen LogP contribution in [0.5, 0.6) is 0 Å². The Hall–Kier alpha value is -6.60. The predicted molar refractivity (Wildman–Crippen MR) is 261 cm³/mol. The van der Waals surface area contributed by atoms with Crippen LogP contribution in [0.2, 0.25) is 20.1 Å². The van der Waals surface area contributed by atoms with E-state index in [0.717, 1.165) is 21.3 Å². The van der Waals surface area contributed by atoms with Gasteiger partial charge in [-0.2, -0.15) is 26.3 Å². The van der Waals surface area contributed by atoms with E-state index >= 15 is 0 Å². The van der Waals surface area contributed by atoms with Gasteiger partial charge in [-0.15, -0.1) is 0 Å². The number of alkyl halides is 6. The minimum absolute atomic E-state index is 0.00891. The minimum Gasteiger partial charge on any atom is -0.480 e. The van der Waals surface area contributed by atoms with Gasteiger partial charge in [0.15, 0.2) is 0 Å². The SMILES string of the molecule is CCOC(=O)C(Cc1ccc(-c2c(C(F)(F)F)cc(C)n(C)c2=O)cc1)NC(=O)c1c(Cl)cccc1Cl.Cc1cc(C(F)(F)F)c(-c2ccc(CC(NC(=O)c3c(Cl)cccc3Cl)C(=O)O)cc2)c(=O)n1C. The molecule has 0 saturated carbocycles. The van der Waals surface area contributed by atoms with Crippen LogP contribution in [0.4, 0.5) is 26.3 Å². The largest absolute Gasteiger partial charge is 0.480 e. The molecule has 3 N–H and O–H groups in total. The number of amides is 2. The summed E-state index contributed by atoms with van der Waals surface area (Å²) in [7, 11) is 2.77. The summed E-state index contributed by atoms with van der Waals surface area (Å²) in [5.41, 5.74) is -3.42. The normalized spacial score (nSPS) is 12.3. The van der Waals surface area contributed by atoms with Crippen LogP contribution in [0, 0.1) is 13.8 Å². The number of carboxylic acid groups (broad SMARTS) is 1. The molecule has 0 fully saturated rings. The summed E-state index contributed by atoms with van der Waals surface area (Å²) in [6.45, 7) is 4.49. The lowest BCUT2D eigenvalue weighted by Gasteiger charge is -2.19. The van der Waals surface area contributed by atoms with Crippen LogP contribution in [0.3, 0.4) is 0 Å². The number of aryl methyl sites for hydroxylation is 2. The number of rotatable bonds is 13. The first-order chi connectivity index (χ1) is 33.7. The molecule has 0 aliphatic carbocycles. The van der Waals surface area contributed by atoms with E-state index in [2.05, 4.69) is 10.6 Å². The molecule has 2 heterocycles. The van der Waals surface area contributed by atoms with Crippen LogP contribution >= 0.6 is 46.4 Å². The van der Waals surface area contributed by atoms with Gasteiger partial charge >= 0.3 is 24.3 Å². The maximum absolute atomic E-state index is 13.7. The quantitative estimate of drug-likeness (QED) is 0.0759. The number of hydrogen-bond acceptors (Lipinski definition) is 7. The Bertz CT molecular complexity index is 3120. The fourth-order valence-electron chi connectivity index (χ4n) is 7.26. The molecule has 4 aromatic carbocycles. The number of nitrogens with one attached hydrogen (secondary N) is 2. The van der Waals surface area contributed by atoms with E-state index in [1.54, 1.807) is 13.0 Å². The number of aliphatic carboxylic acids is 1. The van der Waals surface area contributed by atoms with Crippen molar-refractivity contribution in [2.24, 2.45) is 14.1 Å². The number of carbonyl (C=O) groups excluding carboxylic acids is 3. The number of aromatic nitrogens is 2. The van der Waals surface area contributed by atoms with Crippen LogP contribution < -0.4 is 21.8 Å². The summed E-state index contributed by atoms with van der Waals surface area (Å²) in [5.74, 6) is -3.53. The Kier molecular flexibility index (Phi) is 18.2. The highest BCUT2D eigenvalue weighted by atomic mass is 35.5. The van der Waals surface area contributed by atoms with E-state index in [4.69, 9.17) is 51.1 Å². The Morgan fingerprint density at radius 1 is 0.597 bits per heavy atom. The van der Waals surface area contributed by atoms with Gasteiger partial charge in [0.25, 0.3) is 22.9 Å². The molecule has 72 heavy (non-hydrogen) atoms. The van der Waals surface area contributed by atoms with Gasteiger partial charge < -0.3 is 29.6 Å². The van der Waals surface area contributed by atoms with Crippen LogP contribution in [-0.4, -0.2) is 56.7 Å². The van der Waals surface area contributed by atoms with E-state index < -0.39 is 81.6 Å². The molecular weight excluding hydrogens is 1040 g/mol. The molecule has 0 spiro atoms. The zero-order valence-corrected chi connectivity index (χ0v) is 41.5. The van der Waals surface area contributed by atoms with Crippen molar-refractivity contribution in [3.05, 3.63) is 183 Å². The smallest absolute Gasteiger partial charge is 0.417 e.